The number of aryl methyl sites for hydroxylation is 1. The van der Waals surface area contributed by atoms with E-state index in [1.165, 1.54) is 6.07 Å². The van der Waals surface area contributed by atoms with E-state index in [1.807, 2.05) is 12.1 Å². The Morgan fingerprint density at radius 2 is 1.95 bits per heavy atom. The largest absolute Gasteiger partial charge is 0.322 e. The van der Waals surface area contributed by atoms with Crippen molar-refractivity contribution in [1.82, 2.24) is 0 Å². The van der Waals surface area contributed by atoms with Gasteiger partial charge in [-0.25, -0.2) is 4.39 Å². The molecule has 0 heterocycles. The summed E-state index contributed by atoms with van der Waals surface area (Å²) in [6, 6.07) is 11.9. The molecule has 0 radical (unpaired) electrons. The third-order valence-electron chi connectivity index (χ3n) is 2.85. The van der Waals surface area contributed by atoms with E-state index in [-0.39, 0.29) is 11.4 Å². The van der Waals surface area contributed by atoms with Crippen LogP contribution in [0.4, 0.5) is 10.1 Å². The minimum atomic E-state index is -0.497. The van der Waals surface area contributed by atoms with Crippen molar-refractivity contribution in [1.29, 1.82) is 0 Å². The van der Waals surface area contributed by atoms with Crippen molar-refractivity contribution in [3.63, 3.8) is 0 Å². The van der Waals surface area contributed by atoms with Gasteiger partial charge < -0.3 is 5.32 Å². The van der Waals surface area contributed by atoms with Gasteiger partial charge in [0.1, 0.15) is 5.82 Å². The van der Waals surface area contributed by atoms with Crippen molar-refractivity contribution in [2.24, 2.45) is 0 Å². The standard InChI is InChI=1S/C15H13ClFNO/c1-10-5-4-7-12(14(10)17)15(19)18-13-8-3-2-6-11(13)9-16/h2-8H,9H2,1H3,(H,18,19). The number of nitrogens with one attached hydrogen (secondary N) is 1. The van der Waals surface area contributed by atoms with E-state index in [4.69, 9.17) is 11.6 Å². The van der Waals surface area contributed by atoms with E-state index in [0.717, 1.165) is 5.56 Å². The molecule has 0 aliphatic carbocycles. The summed E-state index contributed by atoms with van der Waals surface area (Å²) < 4.78 is 13.9. The van der Waals surface area contributed by atoms with Crippen LogP contribution in [0.15, 0.2) is 42.5 Å². The molecular formula is C15H13ClFNO. The summed E-state index contributed by atoms with van der Waals surface area (Å²) in [5, 5.41) is 2.68. The van der Waals surface area contributed by atoms with E-state index in [2.05, 4.69) is 5.32 Å². The molecule has 0 saturated heterocycles. The topological polar surface area (TPSA) is 29.1 Å². The van der Waals surface area contributed by atoms with Crippen molar-refractivity contribution >= 4 is 23.2 Å². The van der Waals surface area contributed by atoms with Gasteiger partial charge in [-0.1, -0.05) is 30.3 Å². The second-order valence-corrected chi connectivity index (χ2v) is 4.45. The Kier molecular flexibility index (Phi) is 4.17. The van der Waals surface area contributed by atoms with Gasteiger partial charge in [-0.3, -0.25) is 4.79 Å². The Morgan fingerprint density at radius 3 is 2.68 bits per heavy atom. The number of benzene rings is 2. The number of anilines is 1. The Morgan fingerprint density at radius 1 is 1.21 bits per heavy atom. The third-order valence-corrected chi connectivity index (χ3v) is 3.13. The number of para-hydroxylation sites is 1. The molecule has 0 fully saturated rings. The predicted octanol–water partition coefficient (Wildman–Crippen LogP) is 4.13. The smallest absolute Gasteiger partial charge is 0.258 e. The van der Waals surface area contributed by atoms with Crippen LogP contribution in [0.3, 0.4) is 0 Å². The van der Waals surface area contributed by atoms with Gasteiger partial charge in [0, 0.05) is 11.6 Å². The molecule has 0 spiro atoms. The maximum Gasteiger partial charge on any atom is 0.258 e. The normalized spacial score (nSPS) is 10.3. The summed E-state index contributed by atoms with van der Waals surface area (Å²) in [6.07, 6.45) is 0. The zero-order valence-corrected chi connectivity index (χ0v) is 11.2. The molecule has 0 aromatic heterocycles. The van der Waals surface area contributed by atoms with E-state index < -0.39 is 11.7 Å². The first-order valence-corrected chi connectivity index (χ1v) is 6.37. The highest BCUT2D eigenvalue weighted by atomic mass is 35.5. The first kappa shape index (κ1) is 13.6. The summed E-state index contributed by atoms with van der Waals surface area (Å²) >= 11 is 5.79. The summed E-state index contributed by atoms with van der Waals surface area (Å²) in [4.78, 5) is 12.1. The molecular weight excluding hydrogens is 265 g/mol. The highest BCUT2D eigenvalue weighted by Crippen LogP contribution is 2.19. The lowest BCUT2D eigenvalue weighted by Gasteiger charge is -2.10. The Balaban J connectivity index is 2.28. The van der Waals surface area contributed by atoms with Crippen LogP contribution in [0.2, 0.25) is 0 Å². The molecule has 0 bridgehead atoms. The number of hydrogen-bond acceptors (Lipinski definition) is 1. The van der Waals surface area contributed by atoms with Crippen molar-refractivity contribution in [3.8, 4) is 0 Å². The number of halogens is 2. The summed E-state index contributed by atoms with van der Waals surface area (Å²) in [6.45, 7) is 1.62. The maximum atomic E-state index is 13.9. The monoisotopic (exact) mass is 277 g/mol. The first-order valence-electron chi connectivity index (χ1n) is 5.84. The molecule has 2 rings (SSSR count). The average molecular weight is 278 g/mol. The van der Waals surface area contributed by atoms with Crippen LogP contribution in [0.25, 0.3) is 0 Å². The van der Waals surface area contributed by atoms with Gasteiger partial charge in [0.05, 0.1) is 5.56 Å². The van der Waals surface area contributed by atoms with Crippen LogP contribution in [0, 0.1) is 12.7 Å². The maximum absolute atomic E-state index is 13.9. The van der Waals surface area contributed by atoms with Gasteiger partial charge in [0.15, 0.2) is 0 Å². The molecule has 0 unspecified atom stereocenters. The van der Waals surface area contributed by atoms with E-state index in [9.17, 15) is 9.18 Å². The van der Waals surface area contributed by atoms with E-state index in [0.29, 0.717) is 11.3 Å². The molecule has 98 valence electrons. The SMILES string of the molecule is Cc1cccc(C(=O)Nc2ccccc2CCl)c1F. The number of carbonyl (C=O) groups is 1. The minimum Gasteiger partial charge on any atom is -0.322 e. The molecule has 0 aliphatic heterocycles. The van der Waals surface area contributed by atoms with Crippen LogP contribution in [0.5, 0.6) is 0 Å². The van der Waals surface area contributed by atoms with Gasteiger partial charge in [0.25, 0.3) is 5.91 Å². The Hall–Kier alpha value is -1.87. The molecule has 0 atom stereocenters. The number of carbonyl (C=O) groups excluding carboxylic acids is 1. The first-order chi connectivity index (χ1) is 9.13. The molecule has 19 heavy (non-hydrogen) atoms. The molecule has 0 aliphatic rings. The van der Waals surface area contributed by atoms with E-state index >= 15 is 0 Å². The van der Waals surface area contributed by atoms with Crippen LogP contribution in [0.1, 0.15) is 21.5 Å². The van der Waals surface area contributed by atoms with Crippen molar-refractivity contribution in [2.45, 2.75) is 12.8 Å². The summed E-state index contributed by atoms with van der Waals surface area (Å²) in [5.41, 5.74) is 1.87. The van der Waals surface area contributed by atoms with Gasteiger partial charge in [-0.05, 0) is 30.2 Å². The zero-order chi connectivity index (χ0) is 13.8. The third kappa shape index (κ3) is 2.93. The minimum absolute atomic E-state index is 0.0318. The highest BCUT2D eigenvalue weighted by Gasteiger charge is 2.14. The number of alkyl halides is 1. The lowest BCUT2D eigenvalue weighted by Crippen LogP contribution is -2.15. The fourth-order valence-electron chi connectivity index (χ4n) is 1.77. The molecule has 1 N–H and O–H groups in total. The quantitative estimate of drug-likeness (QED) is 0.840. The lowest BCUT2D eigenvalue weighted by atomic mass is 10.1. The van der Waals surface area contributed by atoms with Gasteiger partial charge in [-0.15, -0.1) is 11.6 Å². The second-order valence-electron chi connectivity index (χ2n) is 4.18. The number of hydrogen-bond donors (Lipinski definition) is 1. The summed E-state index contributed by atoms with van der Waals surface area (Å²) in [7, 11) is 0. The highest BCUT2D eigenvalue weighted by molar-refractivity contribution is 6.17. The van der Waals surface area contributed by atoms with Crippen molar-refractivity contribution in [2.75, 3.05) is 5.32 Å². The second kappa shape index (κ2) is 5.85. The predicted molar refractivity (Wildman–Crippen MR) is 75.1 cm³/mol. The lowest BCUT2D eigenvalue weighted by molar-refractivity contribution is 0.102. The summed E-state index contributed by atoms with van der Waals surface area (Å²) in [5.74, 6) is -0.686. The van der Waals surface area contributed by atoms with Crippen molar-refractivity contribution < 1.29 is 9.18 Å². The molecule has 2 aromatic rings. The van der Waals surface area contributed by atoms with E-state index in [1.54, 1.807) is 31.2 Å². The van der Waals surface area contributed by atoms with Crippen LogP contribution >= 0.6 is 11.6 Å². The number of amides is 1. The number of rotatable bonds is 3. The molecule has 1 amide bonds. The average Bonchev–Trinajstić information content (AvgIpc) is 2.42. The fraction of sp³-hybridized carbons (Fsp3) is 0.133. The molecule has 2 nitrogen and oxygen atoms in total. The van der Waals surface area contributed by atoms with Crippen LogP contribution in [-0.4, -0.2) is 5.91 Å². The van der Waals surface area contributed by atoms with Crippen LogP contribution in [-0.2, 0) is 5.88 Å². The Bertz CT molecular complexity index is 613. The van der Waals surface area contributed by atoms with Gasteiger partial charge in [-0.2, -0.15) is 0 Å². The van der Waals surface area contributed by atoms with Gasteiger partial charge >= 0.3 is 0 Å². The molecule has 4 heteroatoms. The molecule has 0 saturated carbocycles. The van der Waals surface area contributed by atoms with Crippen molar-refractivity contribution in [3.05, 3.63) is 65.0 Å². The fourth-order valence-corrected chi connectivity index (χ4v) is 2.00. The molecule has 2 aromatic carbocycles. The van der Waals surface area contributed by atoms with Crippen LogP contribution < -0.4 is 5.32 Å². The Labute approximate surface area is 116 Å². The zero-order valence-electron chi connectivity index (χ0n) is 10.4. The van der Waals surface area contributed by atoms with Gasteiger partial charge in [0.2, 0.25) is 0 Å².